The van der Waals surface area contributed by atoms with Crippen LogP contribution in [-0.4, -0.2) is 52.3 Å². The Labute approximate surface area is 468 Å². The van der Waals surface area contributed by atoms with Gasteiger partial charge in [0.25, 0.3) is 0 Å². The zero-order valence-electron chi connectivity index (χ0n) is 48.3. The van der Waals surface area contributed by atoms with E-state index >= 15 is 0 Å². The second-order valence-electron chi connectivity index (χ2n) is 20.5. The van der Waals surface area contributed by atoms with Crippen molar-refractivity contribution in [2.75, 3.05) is 50.2 Å². The third kappa shape index (κ3) is 21.0. The second kappa shape index (κ2) is 35.3. The molecule has 77 heavy (non-hydrogen) atoms. The molecule has 4 aromatic carbocycles. The molecule has 416 valence electrons. The molecule has 0 spiro atoms. The molecule has 4 unspecified atom stereocenters. The maximum Gasteiger partial charge on any atom is 0.354 e. The van der Waals surface area contributed by atoms with Crippen LogP contribution in [0.2, 0.25) is 0 Å². The molecule has 0 heterocycles. The average molecular weight is 1070 g/mol. The number of nitrogens with zero attached hydrogens (tertiary/aromatic N) is 4. The largest absolute Gasteiger partial charge is 0.496 e. The fourth-order valence-electron chi connectivity index (χ4n) is 9.71. The Balaban J connectivity index is 1.42. The molecule has 0 aliphatic carbocycles. The number of anilines is 2. The van der Waals surface area contributed by atoms with Crippen molar-refractivity contribution in [3.63, 3.8) is 0 Å². The van der Waals surface area contributed by atoms with Gasteiger partial charge in [-0.2, -0.15) is 10.5 Å². The summed E-state index contributed by atoms with van der Waals surface area (Å²) in [6.45, 7) is 22.0. The van der Waals surface area contributed by atoms with Gasteiger partial charge in [-0.05, 0) is 134 Å². The van der Waals surface area contributed by atoms with Crippen LogP contribution in [0.4, 0.5) is 11.4 Å². The number of unbranched alkanes of at least 4 members (excludes halogenated alkanes) is 4. The smallest absolute Gasteiger partial charge is 0.354 e. The first-order valence-electron chi connectivity index (χ1n) is 28.8. The van der Waals surface area contributed by atoms with E-state index in [0.29, 0.717) is 57.8 Å². The number of hydrogen-bond acceptors (Lipinski definition) is 11. The Morgan fingerprint density at radius 2 is 0.805 bits per heavy atom. The highest BCUT2D eigenvalue weighted by Gasteiger charge is 2.22. The van der Waals surface area contributed by atoms with E-state index in [9.17, 15) is 20.1 Å². The van der Waals surface area contributed by atoms with Gasteiger partial charge in [0.2, 0.25) is 0 Å². The predicted molar refractivity (Wildman–Crippen MR) is 319 cm³/mol. The first-order valence-corrected chi connectivity index (χ1v) is 29.7. The highest BCUT2D eigenvalue weighted by molar-refractivity contribution is 7.99. The lowest BCUT2D eigenvalue weighted by molar-refractivity contribution is -0.130. The summed E-state index contributed by atoms with van der Waals surface area (Å²) in [5, 5.41) is 20.2. The van der Waals surface area contributed by atoms with E-state index < -0.39 is 11.9 Å². The molecule has 10 nitrogen and oxygen atoms in total. The number of hydrogen-bond donors (Lipinski definition) is 0. The molecule has 4 atom stereocenters. The van der Waals surface area contributed by atoms with Crippen LogP contribution in [0.1, 0.15) is 169 Å². The van der Waals surface area contributed by atoms with Gasteiger partial charge in [0, 0.05) is 70.6 Å². The maximum absolute atomic E-state index is 13.4. The second-order valence-corrected chi connectivity index (χ2v) is 21.6. The normalized spacial score (nSPS) is 13.1. The van der Waals surface area contributed by atoms with Crippen LogP contribution in [0.25, 0.3) is 12.2 Å². The quantitative estimate of drug-likeness (QED) is 0.0187. The van der Waals surface area contributed by atoms with Crippen LogP contribution in [0.3, 0.4) is 0 Å². The summed E-state index contributed by atoms with van der Waals surface area (Å²) in [4.78, 5) is 33.6. The average Bonchev–Trinajstić information content (AvgIpc) is 3.46. The molecule has 11 heteroatoms. The number of ether oxygens (including phenoxy) is 4. The molecule has 0 N–H and O–H groups in total. The minimum atomic E-state index is -0.765. The summed E-state index contributed by atoms with van der Waals surface area (Å²) in [6.07, 6.45) is 22.0. The molecule has 4 rings (SSSR count). The predicted octanol–water partition coefficient (Wildman–Crippen LogP) is 17.4. The molecule has 0 saturated heterocycles. The van der Waals surface area contributed by atoms with Crippen LogP contribution in [0, 0.1) is 46.3 Å². The van der Waals surface area contributed by atoms with E-state index in [2.05, 4.69) is 77.3 Å². The highest BCUT2D eigenvalue weighted by Crippen LogP contribution is 2.35. The van der Waals surface area contributed by atoms with Crippen LogP contribution in [0.5, 0.6) is 23.0 Å². The van der Waals surface area contributed by atoms with E-state index in [1.165, 1.54) is 101 Å². The van der Waals surface area contributed by atoms with E-state index in [0.717, 1.165) is 73.0 Å². The Hall–Kier alpha value is -6.17. The number of rotatable bonds is 36. The molecule has 0 fully saturated rings. The third-order valence-corrected chi connectivity index (χ3v) is 15.9. The molecule has 0 aliphatic heterocycles. The van der Waals surface area contributed by atoms with E-state index in [4.69, 9.17) is 18.9 Å². The lowest BCUT2D eigenvalue weighted by Gasteiger charge is -2.33. The van der Waals surface area contributed by atoms with Crippen molar-refractivity contribution in [2.24, 2.45) is 23.7 Å². The molecule has 0 aromatic heterocycles. The molecule has 0 radical (unpaired) electrons. The maximum atomic E-state index is 13.4. The van der Waals surface area contributed by atoms with E-state index in [-0.39, 0.29) is 11.1 Å². The van der Waals surface area contributed by atoms with Gasteiger partial charge < -0.3 is 28.7 Å². The molecule has 4 aromatic rings. The summed E-state index contributed by atoms with van der Waals surface area (Å²) in [5.74, 6) is 2.60. The van der Waals surface area contributed by atoms with Gasteiger partial charge in [0.1, 0.15) is 46.3 Å². The minimum Gasteiger partial charge on any atom is -0.496 e. The number of esters is 2. The first-order chi connectivity index (χ1) is 37.4. The third-order valence-electron chi connectivity index (χ3n) is 14.8. The van der Waals surface area contributed by atoms with E-state index in [1.807, 2.05) is 60.7 Å². The lowest BCUT2D eigenvalue weighted by atomic mass is 9.95. The summed E-state index contributed by atoms with van der Waals surface area (Å²) < 4.78 is 23.1. The van der Waals surface area contributed by atoms with Crippen LogP contribution in [0.15, 0.2) is 106 Å². The Morgan fingerprint density at radius 3 is 1.06 bits per heavy atom. The van der Waals surface area contributed by atoms with Crippen molar-refractivity contribution in [3.05, 3.63) is 107 Å². The van der Waals surface area contributed by atoms with Crippen molar-refractivity contribution in [1.82, 2.24) is 0 Å². The van der Waals surface area contributed by atoms with E-state index in [1.54, 1.807) is 38.5 Å². The first kappa shape index (κ1) is 63.4. The Bertz CT molecular complexity index is 2330. The number of benzene rings is 4. The fraction of sp³-hybridized carbons (Fsp3) is 0.515. The summed E-state index contributed by atoms with van der Waals surface area (Å²) in [6, 6.07) is 30.2. The zero-order chi connectivity index (χ0) is 56.0. The van der Waals surface area contributed by atoms with Crippen molar-refractivity contribution < 1.29 is 28.5 Å². The van der Waals surface area contributed by atoms with Gasteiger partial charge in [-0.1, -0.05) is 144 Å². The standard InChI is InChI=1S/C66H90N4O6S/c1-11-19-23-49(15-5)45-69(46-50(16-6)24-20-12-2)57-29-27-53(63(41-57)73-9)39-55(43-67)65(71)75-59-31-35-61(36-32-59)77-62-37-33-60(34-38-62)76-66(72)56(44-68)40-54-28-30-58(42-64(54)74-10)70(47-51(17-7)25-21-13-3)48-52(18-8)26-22-14-4/h27-42,49-52H,11-26,45-48H2,1-10H3/b55-39+,56-40+. The molecule has 0 aliphatic rings. The molecule has 0 amide bonds. The van der Waals surface area contributed by atoms with Gasteiger partial charge in [-0.15, -0.1) is 0 Å². The Kier molecular flexibility index (Phi) is 29.0. The van der Waals surface area contributed by atoms with Gasteiger partial charge in [-0.3, -0.25) is 0 Å². The van der Waals surface area contributed by atoms with Crippen molar-refractivity contribution in [1.29, 1.82) is 10.5 Å². The van der Waals surface area contributed by atoms with Crippen LogP contribution < -0.4 is 28.7 Å². The van der Waals surface area contributed by atoms with Crippen LogP contribution >= 0.6 is 11.8 Å². The SMILES string of the molecule is CCCCC(CC)CN(CC(CC)CCCC)c1ccc(/C=C(\C#N)C(=O)Oc2ccc(Sc3ccc(OC(=O)/C(C#N)=C/c4ccc(N(CC(CC)CCCC)CC(CC)CCCC)cc4OC)cc3)cc2)c(OC)c1. The summed E-state index contributed by atoms with van der Waals surface area (Å²) in [7, 11) is 3.23. The molecular weight excluding hydrogens is 977 g/mol. The number of carbonyl (C=O) groups excluding carboxylic acids is 2. The lowest BCUT2D eigenvalue weighted by Crippen LogP contribution is -2.34. The van der Waals surface area contributed by atoms with Crippen LogP contribution in [-0.2, 0) is 9.59 Å². The summed E-state index contributed by atoms with van der Waals surface area (Å²) in [5.41, 5.74) is 3.11. The molecule has 0 saturated carbocycles. The van der Waals surface area contributed by atoms with Gasteiger partial charge >= 0.3 is 11.9 Å². The summed E-state index contributed by atoms with van der Waals surface area (Å²) >= 11 is 1.47. The number of nitriles is 2. The monoisotopic (exact) mass is 1070 g/mol. The fourth-order valence-corrected chi connectivity index (χ4v) is 10.5. The topological polar surface area (TPSA) is 125 Å². The highest BCUT2D eigenvalue weighted by atomic mass is 32.2. The number of carbonyl (C=O) groups is 2. The Morgan fingerprint density at radius 1 is 0.494 bits per heavy atom. The number of methoxy groups -OCH3 is 2. The molecular formula is C66H90N4O6S. The van der Waals surface area contributed by atoms with Crippen molar-refractivity contribution in [3.8, 4) is 35.1 Å². The van der Waals surface area contributed by atoms with Crippen molar-refractivity contribution in [2.45, 2.75) is 168 Å². The van der Waals surface area contributed by atoms with Crippen molar-refractivity contribution >= 4 is 47.2 Å². The minimum absolute atomic E-state index is 0.145. The van der Waals surface area contributed by atoms with Gasteiger partial charge in [0.15, 0.2) is 0 Å². The van der Waals surface area contributed by atoms with Gasteiger partial charge in [0.05, 0.1) is 14.2 Å². The zero-order valence-corrected chi connectivity index (χ0v) is 49.2. The molecule has 0 bridgehead atoms. The van der Waals surface area contributed by atoms with Gasteiger partial charge in [-0.25, -0.2) is 9.59 Å².